The average molecular weight is 310 g/mol. The summed E-state index contributed by atoms with van der Waals surface area (Å²) < 4.78 is 2.95. The van der Waals surface area contributed by atoms with Gasteiger partial charge in [-0.3, -0.25) is 0 Å². The van der Waals surface area contributed by atoms with Gasteiger partial charge in [0.25, 0.3) is 0 Å². The van der Waals surface area contributed by atoms with E-state index in [9.17, 15) is 0 Å². The molecule has 0 unspecified atom stereocenters. The molecule has 2 nitrogen and oxygen atoms in total. The highest BCUT2D eigenvalue weighted by Crippen LogP contribution is 2.28. The van der Waals surface area contributed by atoms with Crippen LogP contribution in [0.3, 0.4) is 0 Å². The summed E-state index contributed by atoms with van der Waals surface area (Å²) in [6.45, 7) is 3.92. The number of hydrogen-bond acceptors (Lipinski definition) is 1. The highest BCUT2D eigenvalue weighted by molar-refractivity contribution is 9.10. The van der Waals surface area contributed by atoms with Crippen LogP contribution in [0.4, 0.5) is 0 Å². The van der Waals surface area contributed by atoms with Crippen LogP contribution in [-0.4, -0.2) is 4.57 Å². The molecular formula is C13H10BrClN2. The van der Waals surface area contributed by atoms with Crippen molar-refractivity contribution in [2.45, 2.75) is 13.8 Å². The maximum Gasteiger partial charge on any atom is 0.101 e. The number of nitrogens with zero attached hydrogens (tertiary/aromatic N) is 2. The molecule has 86 valence electrons. The molecule has 4 heteroatoms. The molecule has 1 aromatic heterocycles. The first kappa shape index (κ1) is 12.2. The Morgan fingerprint density at radius 1 is 1.29 bits per heavy atom. The summed E-state index contributed by atoms with van der Waals surface area (Å²) in [6, 6.07) is 9.71. The van der Waals surface area contributed by atoms with E-state index in [4.69, 9.17) is 16.9 Å². The first-order chi connectivity index (χ1) is 8.04. The molecule has 0 radical (unpaired) electrons. The lowest BCUT2D eigenvalue weighted by atomic mass is 10.2. The van der Waals surface area contributed by atoms with Crippen LogP contribution in [0.5, 0.6) is 0 Å². The van der Waals surface area contributed by atoms with E-state index in [-0.39, 0.29) is 0 Å². The Bertz CT molecular complexity index is 623. The van der Waals surface area contributed by atoms with Crippen molar-refractivity contribution in [2.24, 2.45) is 0 Å². The molecule has 0 atom stereocenters. The molecule has 2 rings (SSSR count). The zero-order valence-corrected chi connectivity index (χ0v) is 11.8. The quantitative estimate of drug-likeness (QED) is 0.768. The van der Waals surface area contributed by atoms with Gasteiger partial charge in [0.15, 0.2) is 0 Å². The minimum Gasteiger partial charge on any atom is -0.316 e. The van der Waals surface area contributed by atoms with Crippen LogP contribution in [0.2, 0.25) is 5.02 Å². The zero-order chi connectivity index (χ0) is 12.6. The van der Waals surface area contributed by atoms with E-state index in [0.29, 0.717) is 10.6 Å². The van der Waals surface area contributed by atoms with Crippen molar-refractivity contribution in [1.82, 2.24) is 4.57 Å². The fraction of sp³-hybridized carbons (Fsp3) is 0.154. The lowest BCUT2D eigenvalue weighted by Gasteiger charge is -2.11. The van der Waals surface area contributed by atoms with E-state index in [1.165, 1.54) is 0 Å². The Labute approximate surface area is 114 Å². The summed E-state index contributed by atoms with van der Waals surface area (Å²) in [7, 11) is 0. The molecule has 0 amide bonds. The van der Waals surface area contributed by atoms with Gasteiger partial charge in [0.05, 0.1) is 11.3 Å². The lowest BCUT2D eigenvalue weighted by molar-refractivity contribution is 0.958. The minimum absolute atomic E-state index is 0.684. The third-order valence-corrected chi connectivity index (χ3v) is 3.57. The monoisotopic (exact) mass is 308 g/mol. The van der Waals surface area contributed by atoms with Crippen LogP contribution in [0.25, 0.3) is 5.69 Å². The third-order valence-electron chi connectivity index (χ3n) is 2.70. The van der Waals surface area contributed by atoms with Crippen LogP contribution in [-0.2, 0) is 0 Å². The number of nitriles is 1. The normalized spacial score (nSPS) is 10.3. The minimum atomic E-state index is 0.684. The van der Waals surface area contributed by atoms with Gasteiger partial charge in [0, 0.05) is 20.9 Å². The van der Waals surface area contributed by atoms with Crippen molar-refractivity contribution in [3.63, 3.8) is 0 Å². The van der Waals surface area contributed by atoms with Crippen LogP contribution in [0.1, 0.15) is 17.0 Å². The van der Waals surface area contributed by atoms with Crippen LogP contribution >= 0.6 is 27.5 Å². The van der Waals surface area contributed by atoms with Crippen molar-refractivity contribution in [1.29, 1.82) is 5.26 Å². The van der Waals surface area contributed by atoms with Crippen molar-refractivity contribution >= 4 is 27.5 Å². The first-order valence-electron chi connectivity index (χ1n) is 5.09. The Morgan fingerprint density at radius 2 is 2.00 bits per heavy atom. The predicted octanol–water partition coefficient (Wildman–Crippen LogP) is 4.38. The summed E-state index contributed by atoms with van der Waals surface area (Å²) >= 11 is 9.42. The van der Waals surface area contributed by atoms with Crippen molar-refractivity contribution < 1.29 is 0 Å². The van der Waals surface area contributed by atoms with Gasteiger partial charge >= 0.3 is 0 Å². The highest BCUT2D eigenvalue weighted by atomic mass is 79.9. The SMILES string of the molecule is Cc1cc(C#N)c(C)n1-c1ccc(Cl)cc1Br. The highest BCUT2D eigenvalue weighted by Gasteiger charge is 2.12. The van der Waals surface area contributed by atoms with E-state index in [2.05, 4.69) is 22.0 Å². The lowest BCUT2D eigenvalue weighted by Crippen LogP contribution is -2.00. The van der Waals surface area contributed by atoms with Crippen LogP contribution < -0.4 is 0 Å². The second-order valence-corrected chi connectivity index (χ2v) is 5.12. The van der Waals surface area contributed by atoms with E-state index in [1.54, 1.807) is 0 Å². The third kappa shape index (κ3) is 2.11. The number of hydrogen-bond donors (Lipinski definition) is 0. The molecule has 0 aliphatic carbocycles. The van der Waals surface area contributed by atoms with Gasteiger partial charge in [-0.2, -0.15) is 5.26 Å². The van der Waals surface area contributed by atoms with E-state index in [1.807, 2.05) is 42.7 Å². The Hall–Kier alpha value is -1.24. The Balaban J connectivity index is 2.69. The number of aromatic nitrogens is 1. The summed E-state index contributed by atoms with van der Waals surface area (Å²) in [5, 5.41) is 9.70. The summed E-state index contributed by atoms with van der Waals surface area (Å²) in [6.07, 6.45) is 0. The van der Waals surface area contributed by atoms with Crippen molar-refractivity contribution in [3.05, 3.63) is 50.7 Å². The van der Waals surface area contributed by atoms with Gasteiger partial charge in [-0.15, -0.1) is 0 Å². The topological polar surface area (TPSA) is 28.7 Å². The summed E-state index contributed by atoms with van der Waals surface area (Å²) in [5.41, 5.74) is 3.66. The Morgan fingerprint density at radius 3 is 2.53 bits per heavy atom. The zero-order valence-electron chi connectivity index (χ0n) is 9.46. The second-order valence-electron chi connectivity index (χ2n) is 3.83. The van der Waals surface area contributed by atoms with Gasteiger partial charge < -0.3 is 4.57 Å². The smallest absolute Gasteiger partial charge is 0.101 e. The molecule has 1 heterocycles. The molecule has 0 fully saturated rings. The molecule has 0 bridgehead atoms. The molecule has 0 aliphatic heterocycles. The molecule has 0 aliphatic rings. The van der Waals surface area contributed by atoms with Gasteiger partial charge in [-0.25, -0.2) is 0 Å². The molecule has 0 spiro atoms. The molecule has 2 aromatic rings. The maximum absolute atomic E-state index is 9.02. The summed E-state index contributed by atoms with van der Waals surface area (Å²) in [5.74, 6) is 0. The first-order valence-corrected chi connectivity index (χ1v) is 6.26. The van der Waals surface area contributed by atoms with Crippen molar-refractivity contribution in [3.8, 4) is 11.8 Å². The van der Waals surface area contributed by atoms with Gasteiger partial charge in [0.1, 0.15) is 6.07 Å². The molecule has 0 saturated carbocycles. The molecule has 0 N–H and O–H groups in total. The van der Waals surface area contributed by atoms with Gasteiger partial charge in [-0.05, 0) is 54.0 Å². The number of halogens is 2. The maximum atomic E-state index is 9.02. The second kappa shape index (κ2) is 4.56. The van der Waals surface area contributed by atoms with E-state index < -0.39 is 0 Å². The fourth-order valence-electron chi connectivity index (χ4n) is 1.91. The number of aryl methyl sites for hydroxylation is 1. The van der Waals surface area contributed by atoms with E-state index >= 15 is 0 Å². The Kier molecular flexibility index (Phi) is 3.28. The molecule has 1 aromatic carbocycles. The average Bonchev–Trinajstić information content (AvgIpc) is 2.55. The number of rotatable bonds is 1. The van der Waals surface area contributed by atoms with Crippen molar-refractivity contribution in [2.75, 3.05) is 0 Å². The fourth-order valence-corrected chi connectivity index (χ4v) is 2.77. The van der Waals surface area contributed by atoms with Gasteiger partial charge in [-0.1, -0.05) is 11.6 Å². The predicted molar refractivity (Wildman–Crippen MR) is 72.7 cm³/mol. The molecule has 0 saturated heterocycles. The molecule has 17 heavy (non-hydrogen) atoms. The van der Waals surface area contributed by atoms with Crippen LogP contribution in [0, 0.1) is 25.2 Å². The van der Waals surface area contributed by atoms with Gasteiger partial charge in [0.2, 0.25) is 0 Å². The standard InChI is InChI=1S/C13H10BrClN2/c1-8-5-10(7-16)9(2)17(8)13-4-3-11(15)6-12(13)14/h3-6H,1-2H3. The largest absolute Gasteiger partial charge is 0.316 e. The number of benzene rings is 1. The molecular weight excluding hydrogens is 300 g/mol. The van der Waals surface area contributed by atoms with Crippen LogP contribution in [0.15, 0.2) is 28.7 Å². The summed E-state index contributed by atoms with van der Waals surface area (Å²) in [4.78, 5) is 0. The van der Waals surface area contributed by atoms with E-state index in [0.717, 1.165) is 21.5 Å².